The zero-order valence-corrected chi connectivity index (χ0v) is 10.4. The van der Waals surface area contributed by atoms with E-state index in [4.69, 9.17) is 10.6 Å². The lowest BCUT2D eigenvalue weighted by atomic mass is 9.80. The molecule has 0 atom stereocenters. The second-order valence-electron chi connectivity index (χ2n) is 4.33. The lowest BCUT2D eigenvalue weighted by Gasteiger charge is -2.39. The van der Waals surface area contributed by atoms with Crippen LogP contribution in [0.5, 0.6) is 0 Å². The lowest BCUT2D eigenvalue weighted by molar-refractivity contribution is -0.0630. The Morgan fingerprint density at radius 3 is 2.69 bits per heavy atom. The van der Waals surface area contributed by atoms with Gasteiger partial charge < -0.3 is 10.1 Å². The van der Waals surface area contributed by atoms with Gasteiger partial charge in [-0.1, -0.05) is 13.3 Å². The molecular weight excluding hydrogens is 204 g/mol. The normalized spacial score (nSPS) is 19.1. The first-order valence-electron chi connectivity index (χ1n) is 6.06. The Hall–Kier alpha value is -0.810. The zero-order valence-electron chi connectivity index (χ0n) is 10.4. The standard InChI is InChI=1S/C11H24N4O/c1-3-4-8-13-10(15-12)14-9-11(16-2)6-5-7-11/h3-9,12H2,1-2H3,(H2,13,14,15). The number of nitrogens with zero attached hydrogens (tertiary/aromatic N) is 1. The Morgan fingerprint density at radius 2 is 2.25 bits per heavy atom. The summed E-state index contributed by atoms with van der Waals surface area (Å²) in [6, 6.07) is 0. The fraction of sp³-hybridized carbons (Fsp3) is 0.909. The Morgan fingerprint density at radius 1 is 1.50 bits per heavy atom. The first kappa shape index (κ1) is 13.3. The second-order valence-corrected chi connectivity index (χ2v) is 4.33. The Balaban J connectivity index is 2.33. The average Bonchev–Trinajstić information content (AvgIpc) is 2.26. The number of aliphatic imine (C=N–C) groups is 1. The molecule has 94 valence electrons. The van der Waals surface area contributed by atoms with Gasteiger partial charge in [0.15, 0.2) is 0 Å². The molecule has 4 N–H and O–H groups in total. The fourth-order valence-corrected chi connectivity index (χ4v) is 1.76. The Labute approximate surface area is 97.8 Å². The van der Waals surface area contributed by atoms with Crippen molar-refractivity contribution < 1.29 is 4.74 Å². The molecular formula is C11H24N4O. The van der Waals surface area contributed by atoms with Crippen molar-refractivity contribution in [3.8, 4) is 0 Å². The molecule has 0 amide bonds. The average molecular weight is 228 g/mol. The number of methoxy groups -OCH3 is 1. The van der Waals surface area contributed by atoms with Crippen LogP contribution in [0.1, 0.15) is 39.0 Å². The molecule has 0 aromatic carbocycles. The molecule has 0 unspecified atom stereocenters. The van der Waals surface area contributed by atoms with E-state index >= 15 is 0 Å². The summed E-state index contributed by atoms with van der Waals surface area (Å²) >= 11 is 0. The number of hydrazine groups is 1. The minimum Gasteiger partial charge on any atom is -0.376 e. The molecule has 1 fully saturated rings. The highest BCUT2D eigenvalue weighted by molar-refractivity contribution is 5.79. The van der Waals surface area contributed by atoms with Crippen molar-refractivity contribution in [2.24, 2.45) is 10.8 Å². The highest BCUT2D eigenvalue weighted by Crippen LogP contribution is 2.35. The summed E-state index contributed by atoms with van der Waals surface area (Å²) in [5, 5.41) is 3.17. The van der Waals surface area contributed by atoms with Crippen LogP contribution in [-0.2, 0) is 4.74 Å². The van der Waals surface area contributed by atoms with Gasteiger partial charge in [0.25, 0.3) is 0 Å². The van der Waals surface area contributed by atoms with E-state index in [2.05, 4.69) is 22.7 Å². The number of unbranched alkanes of at least 4 members (excludes halogenated alkanes) is 1. The number of rotatable bonds is 6. The predicted octanol–water partition coefficient (Wildman–Crippen LogP) is 0.765. The summed E-state index contributed by atoms with van der Waals surface area (Å²) in [7, 11) is 1.76. The number of hydrogen-bond donors (Lipinski definition) is 3. The molecule has 0 aliphatic heterocycles. The van der Waals surface area contributed by atoms with Gasteiger partial charge in [0.1, 0.15) is 0 Å². The van der Waals surface area contributed by atoms with Crippen molar-refractivity contribution >= 4 is 5.96 Å². The topological polar surface area (TPSA) is 71.7 Å². The third-order valence-electron chi connectivity index (χ3n) is 3.18. The molecule has 0 spiro atoms. The Kier molecular flexibility index (Phi) is 5.55. The SMILES string of the molecule is CCCCNC(=NCC1(OC)CCC1)NN. The van der Waals surface area contributed by atoms with E-state index < -0.39 is 0 Å². The highest BCUT2D eigenvalue weighted by atomic mass is 16.5. The maximum absolute atomic E-state index is 5.49. The quantitative estimate of drug-likeness (QED) is 0.206. The molecule has 5 nitrogen and oxygen atoms in total. The maximum atomic E-state index is 5.49. The molecule has 1 aliphatic carbocycles. The fourth-order valence-electron chi connectivity index (χ4n) is 1.76. The van der Waals surface area contributed by atoms with Gasteiger partial charge in [0.2, 0.25) is 5.96 Å². The van der Waals surface area contributed by atoms with Crippen LogP contribution < -0.4 is 16.6 Å². The zero-order chi connectivity index (χ0) is 11.9. The Bertz CT molecular complexity index is 221. The summed E-state index contributed by atoms with van der Waals surface area (Å²) in [5.74, 6) is 6.06. The van der Waals surface area contributed by atoms with E-state index in [1.54, 1.807) is 7.11 Å². The third-order valence-corrected chi connectivity index (χ3v) is 3.18. The summed E-state index contributed by atoms with van der Waals surface area (Å²) in [6.45, 7) is 3.74. The number of nitrogens with two attached hydrogens (primary N) is 1. The number of ether oxygens (including phenoxy) is 1. The van der Waals surface area contributed by atoms with Crippen LogP contribution in [0.25, 0.3) is 0 Å². The molecule has 0 bridgehead atoms. The van der Waals surface area contributed by atoms with Gasteiger partial charge >= 0.3 is 0 Å². The van der Waals surface area contributed by atoms with Gasteiger partial charge in [0, 0.05) is 13.7 Å². The largest absolute Gasteiger partial charge is 0.376 e. The second kappa shape index (κ2) is 6.70. The maximum Gasteiger partial charge on any atom is 0.205 e. The monoisotopic (exact) mass is 228 g/mol. The van der Waals surface area contributed by atoms with E-state index in [1.807, 2.05) is 0 Å². The number of nitrogens with one attached hydrogen (secondary N) is 2. The molecule has 1 saturated carbocycles. The van der Waals surface area contributed by atoms with Crippen LogP contribution in [0.2, 0.25) is 0 Å². The van der Waals surface area contributed by atoms with Gasteiger partial charge in [-0.15, -0.1) is 0 Å². The summed E-state index contributed by atoms with van der Waals surface area (Å²) in [4.78, 5) is 4.42. The molecule has 0 aromatic heterocycles. The van der Waals surface area contributed by atoms with Crippen LogP contribution in [0, 0.1) is 0 Å². The number of hydrogen-bond acceptors (Lipinski definition) is 3. The van der Waals surface area contributed by atoms with Crippen molar-refractivity contribution in [1.82, 2.24) is 10.7 Å². The van der Waals surface area contributed by atoms with Crippen LogP contribution >= 0.6 is 0 Å². The molecule has 1 rings (SSSR count). The first-order chi connectivity index (χ1) is 7.76. The highest BCUT2D eigenvalue weighted by Gasteiger charge is 2.36. The van der Waals surface area contributed by atoms with Crippen molar-refractivity contribution in [2.45, 2.75) is 44.6 Å². The molecule has 1 aliphatic rings. The molecule has 0 saturated heterocycles. The van der Waals surface area contributed by atoms with Gasteiger partial charge in [-0.2, -0.15) is 0 Å². The lowest BCUT2D eigenvalue weighted by Crippen LogP contribution is -2.46. The van der Waals surface area contributed by atoms with E-state index in [-0.39, 0.29) is 5.60 Å². The van der Waals surface area contributed by atoms with Crippen molar-refractivity contribution in [2.75, 3.05) is 20.2 Å². The van der Waals surface area contributed by atoms with Gasteiger partial charge in [-0.05, 0) is 25.7 Å². The van der Waals surface area contributed by atoms with E-state index in [0.717, 1.165) is 32.2 Å². The predicted molar refractivity (Wildman–Crippen MR) is 66.1 cm³/mol. The van der Waals surface area contributed by atoms with Gasteiger partial charge in [-0.3, -0.25) is 5.43 Å². The van der Waals surface area contributed by atoms with E-state index in [9.17, 15) is 0 Å². The summed E-state index contributed by atoms with van der Waals surface area (Å²) in [6.07, 6.45) is 5.71. The minimum atomic E-state index is -0.0332. The summed E-state index contributed by atoms with van der Waals surface area (Å²) in [5.41, 5.74) is 2.56. The minimum absolute atomic E-state index is 0.0332. The van der Waals surface area contributed by atoms with E-state index in [0.29, 0.717) is 12.5 Å². The van der Waals surface area contributed by atoms with Gasteiger partial charge in [0.05, 0.1) is 12.1 Å². The van der Waals surface area contributed by atoms with Crippen LogP contribution in [0.4, 0.5) is 0 Å². The van der Waals surface area contributed by atoms with Crippen LogP contribution in [0.15, 0.2) is 4.99 Å². The molecule has 0 aromatic rings. The molecule has 0 heterocycles. The molecule has 5 heteroatoms. The van der Waals surface area contributed by atoms with E-state index in [1.165, 1.54) is 6.42 Å². The van der Waals surface area contributed by atoms with Gasteiger partial charge in [-0.25, -0.2) is 10.8 Å². The van der Waals surface area contributed by atoms with Crippen molar-refractivity contribution in [3.05, 3.63) is 0 Å². The number of guanidine groups is 1. The smallest absolute Gasteiger partial charge is 0.205 e. The third kappa shape index (κ3) is 3.64. The van der Waals surface area contributed by atoms with Crippen molar-refractivity contribution in [3.63, 3.8) is 0 Å². The molecule has 16 heavy (non-hydrogen) atoms. The summed E-state index contributed by atoms with van der Waals surface area (Å²) < 4.78 is 5.49. The van der Waals surface area contributed by atoms with Crippen LogP contribution in [0.3, 0.4) is 0 Å². The first-order valence-corrected chi connectivity index (χ1v) is 6.06. The van der Waals surface area contributed by atoms with Crippen LogP contribution in [-0.4, -0.2) is 31.8 Å². The molecule has 0 radical (unpaired) electrons. The van der Waals surface area contributed by atoms with Crippen molar-refractivity contribution in [1.29, 1.82) is 0 Å².